The maximum absolute atomic E-state index is 12.8. The molecule has 0 heterocycles. The second-order valence-corrected chi connectivity index (χ2v) is 21.1. The molecule has 0 bridgehead atoms. The van der Waals surface area contributed by atoms with E-state index in [1.54, 1.807) is 0 Å². The van der Waals surface area contributed by atoms with Crippen molar-refractivity contribution >= 4 is 17.9 Å². The molecule has 0 aliphatic heterocycles. The standard InChI is InChI=1S/C58H112O6/c1-7-54(6)46-40-34-28-22-17-19-25-31-37-43-49-58(61)64-55(51-63-57(60)48-42-36-30-24-18-16-21-27-33-39-45-53(4)5)50-62-56(59)47-41-35-29-23-15-13-11-9-8-10-12-14-20-26-32-38-44-52(2)3/h52-55H,7-51H2,1-6H3/t54?,55-/m1/s1. The number of carbonyl (C=O) groups is 3. The Morgan fingerprint density at radius 2 is 0.547 bits per heavy atom. The number of rotatable bonds is 51. The zero-order chi connectivity index (χ0) is 47.0. The average Bonchev–Trinajstić information content (AvgIpc) is 3.27. The van der Waals surface area contributed by atoms with E-state index in [4.69, 9.17) is 14.2 Å². The third kappa shape index (κ3) is 49.8. The molecule has 0 N–H and O–H groups in total. The second kappa shape index (κ2) is 49.3. The minimum absolute atomic E-state index is 0.0638. The van der Waals surface area contributed by atoms with Gasteiger partial charge in [-0.3, -0.25) is 14.4 Å². The molecule has 0 aromatic carbocycles. The molecule has 2 atom stereocenters. The summed E-state index contributed by atoms with van der Waals surface area (Å²) in [5, 5.41) is 0. The van der Waals surface area contributed by atoms with Gasteiger partial charge < -0.3 is 14.2 Å². The first-order chi connectivity index (χ1) is 31.1. The van der Waals surface area contributed by atoms with Crippen LogP contribution >= 0.6 is 0 Å². The molecule has 0 saturated carbocycles. The Morgan fingerprint density at radius 1 is 0.312 bits per heavy atom. The monoisotopic (exact) mass is 905 g/mol. The lowest BCUT2D eigenvalue weighted by Gasteiger charge is -2.18. The van der Waals surface area contributed by atoms with Crippen molar-refractivity contribution in [2.24, 2.45) is 17.8 Å². The van der Waals surface area contributed by atoms with E-state index < -0.39 is 6.10 Å². The molecule has 0 aromatic rings. The summed E-state index contributed by atoms with van der Waals surface area (Å²) in [6.07, 6.45) is 50.9. The Hall–Kier alpha value is -1.59. The van der Waals surface area contributed by atoms with Crippen LogP contribution in [0.1, 0.15) is 318 Å². The van der Waals surface area contributed by atoms with Gasteiger partial charge in [-0.1, -0.05) is 279 Å². The largest absolute Gasteiger partial charge is 0.462 e. The number of unbranched alkanes of at least 4 members (excludes halogenated alkanes) is 33. The van der Waals surface area contributed by atoms with Gasteiger partial charge in [0.15, 0.2) is 6.10 Å². The highest BCUT2D eigenvalue weighted by Gasteiger charge is 2.19. The number of ether oxygens (including phenoxy) is 3. The van der Waals surface area contributed by atoms with Gasteiger partial charge in [-0.15, -0.1) is 0 Å². The molecule has 6 heteroatoms. The average molecular weight is 906 g/mol. The van der Waals surface area contributed by atoms with E-state index in [1.807, 2.05) is 0 Å². The summed E-state index contributed by atoms with van der Waals surface area (Å²) in [6, 6.07) is 0. The van der Waals surface area contributed by atoms with E-state index in [0.29, 0.717) is 19.3 Å². The second-order valence-electron chi connectivity index (χ2n) is 21.1. The van der Waals surface area contributed by atoms with Gasteiger partial charge in [0.25, 0.3) is 0 Å². The highest BCUT2D eigenvalue weighted by molar-refractivity contribution is 5.71. The fourth-order valence-corrected chi connectivity index (χ4v) is 8.79. The Morgan fingerprint density at radius 3 is 0.812 bits per heavy atom. The van der Waals surface area contributed by atoms with Crippen molar-refractivity contribution in [1.29, 1.82) is 0 Å². The summed E-state index contributed by atoms with van der Waals surface area (Å²) in [5.74, 6) is 1.69. The molecule has 1 unspecified atom stereocenters. The van der Waals surface area contributed by atoms with Crippen molar-refractivity contribution in [2.45, 2.75) is 324 Å². The summed E-state index contributed by atoms with van der Waals surface area (Å²) >= 11 is 0. The highest BCUT2D eigenvalue weighted by atomic mass is 16.6. The molecule has 0 amide bonds. The van der Waals surface area contributed by atoms with Crippen LogP contribution in [0, 0.1) is 17.8 Å². The molecular weight excluding hydrogens is 793 g/mol. The lowest BCUT2D eigenvalue weighted by molar-refractivity contribution is -0.167. The number of esters is 3. The van der Waals surface area contributed by atoms with Crippen LogP contribution in [0.2, 0.25) is 0 Å². The van der Waals surface area contributed by atoms with Crippen molar-refractivity contribution in [3.8, 4) is 0 Å². The van der Waals surface area contributed by atoms with E-state index in [1.165, 1.54) is 199 Å². The summed E-state index contributed by atoms with van der Waals surface area (Å²) in [6.45, 7) is 13.8. The van der Waals surface area contributed by atoms with Crippen molar-refractivity contribution in [3.63, 3.8) is 0 Å². The Bertz CT molecular complexity index is 993. The van der Waals surface area contributed by atoms with Crippen LogP contribution in [-0.2, 0) is 28.6 Å². The molecule has 0 rings (SSSR count). The van der Waals surface area contributed by atoms with Crippen molar-refractivity contribution in [2.75, 3.05) is 13.2 Å². The molecular formula is C58H112O6. The van der Waals surface area contributed by atoms with Gasteiger partial charge in [-0.05, 0) is 37.0 Å². The first-order valence-corrected chi connectivity index (χ1v) is 28.6. The Labute approximate surface area is 399 Å². The quantitative estimate of drug-likeness (QED) is 0.0344. The van der Waals surface area contributed by atoms with Crippen LogP contribution in [-0.4, -0.2) is 37.2 Å². The van der Waals surface area contributed by atoms with Crippen LogP contribution in [0.3, 0.4) is 0 Å². The topological polar surface area (TPSA) is 78.9 Å². The normalized spacial score (nSPS) is 12.6. The van der Waals surface area contributed by atoms with Gasteiger partial charge in [-0.25, -0.2) is 0 Å². The highest BCUT2D eigenvalue weighted by Crippen LogP contribution is 2.19. The van der Waals surface area contributed by atoms with Gasteiger partial charge in [0.2, 0.25) is 0 Å². The van der Waals surface area contributed by atoms with Crippen LogP contribution in [0.25, 0.3) is 0 Å². The summed E-state index contributed by atoms with van der Waals surface area (Å²) in [5.41, 5.74) is 0. The number of hydrogen-bond donors (Lipinski definition) is 0. The van der Waals surface area contributed by atoms with Crippen LogP contribution in [0.5, 0.6) is 0 Å². The molecule has 6 nitrogen and oxygen atoms in total. The lowest BCUT2D eigenvalue weighted by Crippen LogP contribution is -2.30. The Balaban J connectivity index is 4.28. The molecule has 0 radical (unpaired) electrons. The predicted octanol–water partition coefficient (Wildman–Crippen LogP) is 18.7. The number of hydrogen-bond acceptors (Lipinski definition) is 6. The predicted molar refractivity (Wildman–Crippen MR) is 275 cm³/mol. The summed E-state index contributed by atoms with van der Waals surface area (Å²) in [4.78, 5) is 38.1. The molecule has 380 valence electrons. The maximum atomic E-state index is 12.8. The van der Waals surface area contributed by atoms with E-state index in [9.17, 15) is 14.4 Å². The van der Waals surface area contributed by atoms with Crippen molar-refractivity contribution in [1.82, 2.24) is 0 Å². The molecule has 0 aliphatic carbocycles. The van der Waals surface area contributed by atoms with Gasteiger partial charge in [-0.2, -0.15) is 0 Å². The van der Waals surface area contributed by atoms with E-state index in [2.05, 4.69) is 41.5 Å². The third-order valence-electron chi connectivity index (χ3n) is 13.5. The lowest BCUT2D eigenvalue weighted by atomic mass is 9.99. The first kappa shape index (κ1) is 62.4. The third-order valence-corrected chi connectivity index (χ3v) is 13.5. The smallest absolute Gasteiger partial charge is 0.306 e. The molecule has 0 aromatic heterocycles. The molecule has 0 aliphatic rings. The molecule has 64 heavy (non-hydrogen) atoms. The molecule has 0 fully saturated rings. The molecule has 0 saturated heterocycles. The van der Waals surface area contributed by atoms with Gasteiger partial charge >= 0.3 is 17.9 Å². The number of carbonyl (C=O) groups excluding carboxylic acids is 3. The van der Waals surface area contributed by atoms with Gasteiger partial charge in [0.05, 0.1) is 0 Å². The fraction of sp³-hybridized carbons (Fsp3) is 0.948. The van der Waals surface area contributed by atoms with Crippen LogP contribution < -0.4 is 0 Å². The van der Waals surface area contributed by atoms with Gasteiger partial charge in [0.1, 0.15) is 13.2 Å². The van der Waals surface area contributed by atoms with Crippen molar-refractivity contribution < 1.29 is 28.6 Å². The van der Waals surface area contributed by atoms with Crippen LogP contribution in [0.4, 0.5) is 0 Å². The zero-order valence-corrected chi connectivity index (χ0v) is 44.1. The minimum Gasteiger partial charge on any atom is -0.462 e. The minimum atomic E-state index is -0.764. The summed E-state index contributed by atoms with van der Waals surface area (Å²) < 4.78 is 16.9. The van der Waals surface area contributed by atoms with E-state index in [-0.39, 0.29) is 31.1 Å². The Kier molecular flexibility index (Phi) is 48.1. The van der Waals surface area contributed by atoms with Crippen LogP contribution in [0.15, 0.2) is 0 Å². The summed E-state index contributed by atoms with van der Waals surface area (Å²) in [7, 11) is 0. The fourth-order valence-electron chi connectivity index (χ4n) is 8.79. The zero-order valence-electron chi connectivity index (χ0n) is 44.1. The first-order valence-electron chi connectivity index (χ1n) is 28.6. The van der Waals surface area contributed by atoms with E-state index in [0.717, 1.165) is 75.5 Å². The SMILES string of the molecule is CCC(C)CCCCCCCCCCCCC(=O)O[C@H](COC(=O)CCCCCCCCCCCCCCCCCCC(C)C)COC(=O)CCCCCCCCCCCCC(C)C. The van der Waals surface area contributed by atoms with E-state index >= 15 is 0 Å². The van der Waals surface area contributed by atoms with Gasteiger partial charge in [0, 0.05) is 19.3 Å². The molecule has 0 spiro atoms. The maximum Gasteiger partial charge on any atom is 0.306 e. The van der Waals surface area contributed by atoms with Crippen molar-refractivity contribution in [3.05, 3.63) is 0 Å².